The Kier molecular flexibility index (Phi) is 4.49. The van der Waals surface area contributed by atoms with E-state index in [2.05, 4.69) is 19.2 Å². The molecule has 116 valence electrons. The third kappa shape index (κ3) is 3.93. The van der Waals surface area contributed by atoms with Gasteiger partial charge in [0.25, 0.3) is 5.91 Å². The van der Waals surface area contributed by atoms with E-state index in [0.717, 1.165) is 32.1 Å². The van der Waals surface area contributed by atoms with E-state index in [1.54, 1.807) is 0 Å². The van der Waals surface area contributed by atoms with Crippen molar-refractivity contribution in [3.8, 4) is 0 Å². The molecule has 0 bridgehead atoms. The van der Waals surface area contributed by atoms with Crippen LogP contribution in [0.1, 0.15) is 56.3 Å². The lowest BCUT2D eigenvalue weighted by Gasteiger charge is -2.22. The molecule has 0 aliphatic heterocycles. The largest absolute Gasteiger partial charge is 0.380 e. The number of hydrogen-bond acceptors (Lipinski definition) is 2. The molecule has 1 amide bonds. The molecule has 1 aliphatic rings. The van der Waals surface area contributed by atoms with Crippen LogP contribution in [0.25, 0.3) is 0 Å². The Morgan fingerprint density at radius 2 is 1.95 bits per heavy atom. The molecule has 1 atom stereocenters. The normalized spacial score (nSPS) is 21.6. The number of primary amides is 1. The molecule has 3 N–H and O–H groups in total. The summed E-state index contributed by atoms with van der Waals surface area (Å²) < 4.78 is 27.3. The van der Waals surface area contributed by atoms with Crippen LogP contribution in [0, 0.1) is 17.0 Å². The number of benzene rings is 1. The minimum Gasteiger partial charge on any atom is -0.380 e. The van der Waals surface area contributed by atoms with Gasteiger partial charge in [0.15, 0.2) is 0 Å². The summed E-state index contributed by atoms with van der Waals surface area (Å²) in [7, 11) is 0. The molecule has 1 fully saturated rings. The van der Waals surface area contributed by atoms with Crippen molar-refractivity contribution >= 4 is 11.6 Å². The molecule has 0 heterocycles. The Balaban J connectivity index is 2.16. The van der Waals surface area contributed by atoms with E-state index < -0.39 is 17.5 Å². The summed E-state index contributed by atoms with van der Waals surface area (Å²) in [6.07, 6.45) is 5.12. The molecule has 1 aromatic rings. The van der Waals surface area contributed by atoms with Gasteiger partial charge < -0.3 is 11.1 Å². The molecule has 0 aromatic heterocycles. The number of hydrogen-bond donors (Lipinski definition) is 2. The number of amides is 1. The van der Waals surface area contributed by atoms with E-state index in [1.165, 1.54) is 6.07 Å². The lowest BCUT2D eigenvalue weighted by atomic mass is 9.85. The second kappa shape index (κ2) is 6.00. The monoisotopic (exact) mass is 296 g/mol. The Labute approximate surface area is 123 Å². The standard InChI is InChI=1S/C16H22F2N2O/c1-16(2)6-3-4-10(5-7-16)20-14-8-11(15(19)21)12(17)9-13(14)18/h8-10,20H,3-7H2,1-2H3,(H2,19,21). The third-order valence-corrected chi connectivity index (χ3v) is 4.26. The molecule has 1 saturated carbocycles. The highest BCUT2D eigenvalue weighted by Gasteiger charge is 2.25. The number of nitrogens with one attached hydrogen (secondary N) is 1. The van der Waals surface area contributed by atoms with Crippen LogP contribution in [0.5, 0.6) is 0 Å². The van der Waals surface area contributed by atoms with Crippen LogP contribution >= 0.6 is 0 Å². The molecule has 0 radical (unpaired) electrons. The van der Waals surface area contributed by atoms with Crippen LogP contribution in [-0.4, -0.2) is 11.9 Å². The van der Waals surface area contributed by atoms with Crippen LogP contribution in [0.4, 0.5) is 14.5 Å². The van der Waals surface area contributed by atoms with Gasteiger partial charge in [0.05, 0.1) is 11.3 Å². The van der Waals surface area contributed by atoms with E-state index in [0.29, 0.717) is 11.5 Å². The first-order valence-corrected chi connectivity index (χ1v) is 7.34. The zero-order chi connectivity index (χ0) is 15.6. The fraction of sp³-hybridized carbons (Fsp3) is 0.562. The lowest BCUT2D eigenvalue weighted by molar-refractivity contribution is 0.0996. The molecule has 3 nitrogen and oxygen atoms in total. The Morgan fingerprint density at radius 3 is 2.62 bits per heavy atom. The first-order chi connectivity index (χ1) is 9.78. The maximum atomic E-state index is 13.8. The van der Waals surface area contributed by atoms with Crippen molar-refractivity contribution in [1.82, 2.24) is 0 Å². The zero-order valence-electron chi connectivity index (χ0n) is 12.5. The molecular weight excluding hydrogens is 274 g/mol. The average molecular weight is 296 g/mol. The second-order valence-electron chi connectivity index (χ2n) is 6.61. The van der Waals surface area contributed by atoms with Crippen molar-refractivity contribution in [1.29, 1.82) is 0 Å². The van der Waals surface area contributed by atoms with Gasteiger partial charge in [-0.25, -0.2) is 8.78 Å². The minimum absolute atomic E-state index is 0.132. The number of anilines is 1. The predicted octanol–water partition coefficient (Wildman–Crippen LogP) is 3.83. The van der Waals surface area contributed by atoms with Crippen molar-refractivity contribution in [2.45, 2.75) is 52.0 Å². The van der Waals surface area contributed by atoms with Crippen LogP contribution in [0.2, 0.25) is 0 Å². The lowest BCUT2D eigenvalue weighted by Crippen LogP contribution is -2.21. The minimum atomic E-state index is -0.924. The predicted molar refractivity (Wildman–Crippen MR) is 79.2 cm³/mol. The molecular formula is C16H22F2N2O. The van der Waals surface area contributed by atoms with Gasteiger partial charge in [0.2, 0.25) is 0 Å². The summed E-state index contributed by atoms with van der Waals surface area (Å²) in [6.45, 7) is 4.47. The first-order valence-electron chi connectivity index (χ1n) is 7.34. The van der Waals surface area contributed by atoms with Crippen molar-refractivity contribution in [2.24, 2.45) is 11.1 Å². The maximum Gasteiger partial charge on any atom is 0.251 e. The maximum absolute atomic E-state index is 13.8. The summed E-state index contributed by atoms with van der Waals surface area (Å²) in [5.74, 6) is -2.51. The highest BCUT2D eigenvalue weighted by atomic mass is 19.1. The first kappa shape index (κ1) is 15.7. The van der Waals surface area contributed by atoms with Gasteiger partial charge in [-0.2, -0.15) is 0 Å². The fourth-order valence-electron chi connectivity index (χ4n) is 2.87. The summed E-state index contributed by atoms with van der Waals surface area (Å²) in [4.78, 5) is 11.1. The number of carbonyl (C=O) groups is 1. The number of nitrogens with two attached hydrogens (primary N) is 1. The Bertz CT molecular complexity index is 543. The quantitative estimate of drug-likeness (QED) is 0.833. The molecule has 0 saturated heterocycles. The number of carbonyl (C=O) groups excluding carboxylic acids is 1. The van der Waals surface area contributed by atoms with Gasteiger partial charge in [0, 0.05) is 12.1 Å². The molecule has 1 unspecified atom stereocenters. The molecule has 1 aliphatic carbocycles. The highest BCUT2D eigenvalue weighted by molar-refractivity contribution is 5.94. The smallest absolute Gasteiger partial charge is 0.251 e. The van der Waals surface area contributed by atoms with Gasteiger partial charge in [-0.1, -0.05) is 20.3 Å². The van der Waals surface area contributed by atoms with Gasteiger partial charge in [0.1, 0.15) is 11.6 Å². The van der Waals surface area contributed by atoms with E-state index in [1.807, 2.05) is 0 Å². The second-order valence-corrected chi connectivity index (χ2v) is 6.61. The summed E-state index contributed by atoms with van der Waals surface area (Å²) >= 11 is 0. The van der Waals surface area contributed by atoms with E-state index >= 15 is 0 Å². The van der Waals surface area contributed by atoms with Gasteiger partial charge >= 0.3 is 0 Å². The van der Waals surface area contributed by atoms with Crippen LogP contribution in [-0.2, 0) is 0 Å². The van der Waals surface area contributed by atoms with Crippen LogP contribution in [0.3, 0.4) is 0 Å². The van der Waals surface area contributed by atoms with E-state index in [4.69, 9.17) is 5.73 Å². The average Bonchev–Trinajstić information content (AvgIpc) is 2.53. The summed E-state index contributed by atoms with van der Waals surface area (Å²) in [5, 5.41) is 3.10. The van der Waals surface area contributed by atoms with Gasteiger partial charge in [-0.05, 0) is 37.2 Å². The molecule has 0 spiro atoms. The van der Waals surface area contributed by atoms with Gasteiger partial charge in [-0.15, -0.1) is 0 Å². The molecule has 2 rings (SSSR count). The Hall–Kier alpha value is -1.65. The van der Waals surface area contributed by atoms with E-state index in [9.17, 15) is 13.6 Å². The van der Waals surface area contributed by atoms with Crippen LogP contribution < -0.4 is 11.1 Å². The molecule has 5 heteroatoms. The SMILES string of the molecule is CC1(C)CCCC(Nc2cc(C(N)=O)c(F)cc2F)CC1. The van der Waals surface area contributed by atoms with Crippen LogP contribution in [0.15, 0.2) is 12.1 Å². The molecule has 21 heavy (non-hydrogen) atoms. The topological polar surface area (TPSA) is 55.1 Å². The third-order valence-electron chi connectivity index (χ3n) is 4.26. The van der Waals surface area contributed by atoms with E-state index in [-0.39, 0.29) is 17.3 Å². The van der Waals surface area contributed by atoms with Crippen molar-refractivity contribution in [3.05, 3.63) is 29.3 Å². The van der Waals surface area contributed by atoms with Gasteiger partial charge in [-0.3, -0.25) is 4.79 Å². The number of rotatable bonds is 3. The van der Waals surface area contributed by atoms with Crippen molar-refractivity contribution in [3.63, 3.8) is 0 Å². The fourth-order valence-corrected chi connectivity index (χ4v) is 2.87. The van der Waals surface area contributed by atoms with Crippen molar-refractivity contribution < 1.29 is 13.6 Å². The molecule has 1 aromatic carbocycles. The highest BCUT2D eigenvalue weighted by Crippen LogP contribution is 2.35. The summed E-state index contributed by atoms with van der Waals surface area (Å²) in [6, 6.07) is 2.01. The zero-order valence-corrected chi connectivity index (χ0v) is 12.5. The van der Waals surface area contributed by atoms with Crippen molar-refractivity contribution in [2.75, 3.05) is 5.32 Å². The summed E-state index contributed by atoms with van der Waals surface area (Å²) in [5.41, 5.74) is 5.26. The Morgan fingerprint density at radius 1 is 1.24 bits per heavy atom. The number of halogens is 2.